The Hall–Kier alpha value is -0.860. The molecular weight excluding hydrogens is 212 g/mol. The molecule has 17 heavy (non-hydrogen) atoms. The minimum absolute atomic E-state index is 0.171. The van der Waals surface area contributed by atoms with Crippen LogP contribution in [0, 0.1) is 0 Å². The molecule has 1 saturated heterocycles. The van der Waals surface area contributed by atoms with Gasteiger partial charge < -0.3 is 9.84 Å². The average molecular weight is 236 g/mol. The van der Waals surface area contributed by atoms with Crippen LogP contribution >= 0.6 is 0 Å². The van der Waals surface area contributed by atoms with E-state index in [9.17, 15) is 5.11 Å². The van der Waals surface area contributed by atoms with Gasteiger partial charge in [0.1, 0.15) is 0 Å². The predicted octanol–water partition coefficient (Wildman–Crippen LogP) is 3.38. The van der Waals surface area contributed by atoms with Gasteiger partial charge in [-0.15, -0.1) is 6.58 Å². The Kier molecular flexibility index (Phi) is 4.34. The Morgan fingerprint density at radius 3 is 2.76 bits per heavy atom. The Bertz CT molecular complexity index is 328. The van der Waals surface area contributed by atoms with Crippen molar-refractivity contribution in [3.63, 3.8) is 0 Å². The van der Waals surface area contributed by atoms with Crippen molar-refractivity contribution in [2.75, 3.05) is 0 Å². The molecule has 0 radical (unpaired) electrons. The van der Waals surface area contributed by atoms with E-state index in [0.29, 0.717) is 6.42 Å². The third kappa shape index (κ3) is 4.14. The van der Waals surface area contributed by atoms with E-state index in [1.54, 1.807) is 13.0 Å². The van der Waals surface area contributed by atoms with Gasteiger partial charge >= 0.3 is 0 Å². The first-order valence-electron chi connectivity index (χ1n) is 6.15. The van der Waals surface area contributed by atoms with Crippen LogP contribution in [0.1, 0.15) is 40.0 Å². The molecule has 1 rings (SSSR count). The van der Waals surface area contributed by atoms with Gasteiger partial charge in [-0.1, -0.05) is 30.4 Å². The van der Waals surface area contributed by atoms with E-state index in [1.165, 1.54) is 0 Å². The van der Waals surface area contributed by atoms with Crippen LogP contribution < -0.4 is 0 Å². The number of hydrogen-bond acceptors (Lipinski definition) is 2. The third-order valence-corrected chi connectivity index (χ3v) is 3.31. The Labute approximate surface area is 105 Å². The van der Waals surface area contributed by atoms with Gasteiger partial charge in [-0.05, 0) is 40.0 Å². The second-order valence-electron chi connectivity index (χ2n) is 5.47. The van der Waals surface area contributed by atoms with Crippen LogP contribution in [-0.4, -0.2) is 22.4 Å². The summed E-state index contributed by atoms with van der Waals surface area (Å²) in [7, 11) is 0. The van der Waals surface area contributed by atoms with E-state index in [-0.39, 0.29) is 11.7 Å². The van der Waals surface area contributed by atoms with Gasteiger partial charge in [0.05, 0.1) is 17.3 Å². The summed E-state index contributed by atoms with van der Waals surface area (Å²) in [4.78, 5) is 0. The fourth-order valence-corrected chi connectivity index (χ4v) is 1.96. The second-order valence-corrected chi connectivity index (χ2v) is 5.47. The van der Waals surface area contributed by atoms with Crippen molar-refractivity contribution >= 4 is 0 Å². The van der Waals surface area contributed by atoms with Gasteiger partial charge in [0.2, 0.25) is 0 Å². The van der Waals surface area contributed by atoms with Crippen molar-refractivity contribution < 1.29 is 9.84 Å². The van der Waals surface area contributed by atoms with Crippen molar-refractivity contribution in [2.24, 2.45) is 0 Å². The second kappa shape index (κ2) is 5.19. The van der Waals surface area contributed by atoms with Gasteiger partial charge in [0, 0.05) is 0 Å². The molecule has 1 N–H and O–H groups in total. The highest BCUT2D eigenvalue weighted by Gasteiger charge is 2.34. The normalized spacial score (nSPS) is 32.6. The summed E-state index contributed by atoms with van der Waals surface area (Å²) in [5.41, 5.74) is 0.0281. The van der Waals surface area contributed by atoms with E-state index in [4.69, 9.17) is 4.74 Å². The van der Waals surface area contributed by atoms with Gasteiger partial charge in [-0.25, -0.2) is 0 Å². The molecule has 0 aromatic carbocycles. The standard InChI is InChI=1S/C15H24O2/c1-6-14(4,16)9-7-10-15(5)11-8-13(17-15)12(2)3/h6-7,10,13,16H,1-2,8-9,11H2,3-5H3/b10-7+/t13?,14?,15-/m1/s1. The highest BCUT2D eigenvalue weighted by Crippen LogP contribution is 2.34. The third-order valence-electron chi connectivity index (χ3n) is 3.31. The molecule has 3 atom stereocenters. The lowest BCUT2D eigenvalue weighted by Gasteiger charge is -2.22. The molecule has 1 aliphatic heterocycles. The van der Waals surface area contributed by atoms with E-state index in [2.05, 4.69) is 20.1 Å². The molecule has 2 heteroatoms. The molecule has 1 heterocycles. The minimum atomic E-state index is -0.834. The summed E-state index contributed by atoms with van der Waals surface area (Å²) in [6.07, 6.45) is 8.34. The smallest absolute Gasteiger partial charge is 0.0843 e. The van der Waals surface area contributed by atoms with Crippen molar-refractivity contribution in [1.29, 1.82) is 0 Å². The number of hydrogen-bond donors (Lipinski definition) is 1. The van der Waals surface area contributed by atoms with Crippen LogP contribution in [0.3, 0.4) is 0 Å². The Balaban J connectivity index is 2.54. The monoisotopic (exact) mass is 236 g/mol. The van der Waals surface area contributed by atoms with Crippen molar-refractivity contribution in [1.82, 2.24) is 0 Å². The van der Waals surface area contributed by atoms with Gasteiger partial charge in [-0.3, -0.25) is 0 Å². The predicted molar refractivity (Wildman–Crippen MR) is 71.9 cm³/mol. The van der Waals surface area contributed by atoms with E-state index in [1.807, 2.05) is 19.1 Å². The fraction of sp³-hybridized carbons (Fsp3) is 0.600. The summed E-state index contributed by atoms with van der Waals surface area (Å²) in [5, 5.41) is 9.80. The zero-order valence-corrected chi connectivity index (χ0v) is 11.2. The summed E-state index contributed by atoms with van der Waals surface area (Å²) in [6, 6.07) is 0. The molecule has 1 aliphatic rings. The molecule has 96 valence electrons. The molecule has 0 aliphatic carbocycles. The van der Waals surface area contributed by atoms with Crippen LogP contribution in [0.15, 0.2) is 37.0 Å². The lowest BCUT2D eigenvalue weighted by atomic mass is 9.97. The van der Waals surface area contributed by atoms with Crippen LogP contribution in [0.2, 0.25) is 0 Å². The molecule has 0 bridgehead atoms. The molecule has 0 aromatic rings. The summed E-state index contributed by atoms with van der Waals surface area (Å²) < 4.78 is 5.96. The lowest BCUT2D eigenvalue weighted by Crippen LogP contribution is -2.23. The van der Waals surface area contributed by atoms with Gasteiger partial charge in [0.15, 0.2) is 0 Å². The lowest BCUT2D eigenvalue weighted by molar-refractivity contribution is 0.0216. The van der Waals surface area contributed by atoms with Crippen LogP contribution in [-0.2, 0) is 4.74 Å². The first-order chi connectivity index (χ1) is 7.78. The maximum atomic E-state index is 9.80. The number of ether oxygens (including phenoxy) is 1. The van der Waals surface area contributed by atoms with Gasteiger partial charge in [0.25, 0.3) is 0 Å². The summed E-state index contributed by atoms with van der Waals surface area (Å²) in [6.45, 7) is 13.4. The van der Waals surface area contributed by atoms with Crippen molar-refractivity contribution in [3.8, 4) is 0 Å². The fourth-order valence-electron chi connectivity index (χ4n) is 1.96. The topological polar surface area (TPSA) is 29.5 Å². The molecule has 1 fully saturated rings. The van der Waals surface area contributed by atoms with Gasteiger partial charge in [-0.2, -0.15) is 0 Å². The molecule has 0 spiro atoms. The van der Waals surface area contributed by atoms with Crippen molar-refractivity contribution in [3.05, 3.63) is 37.0 Å². The first kappa shape index (κ1) is 14.2. The van der Waals surface area contributed by atoms with Crippen LogP contribution in [0.4, 0.5) is 0 Å². The Morgan fingerprint density at radius 2 is 2.29 bits per heavy atom. The molecule has 2 nitrogen and oxygen atoms in total. The zero-order chi connectivity index (χ0) is 13.1. The quantitative estimate of drug-likeness (QED) is 0.741. The summed E-state index contributed by atoms with van der Waals surface area (Å²) >= 11 is 0. The molecular formula is C15H24O2. The zero-order valence-electron chi connectivity index (χ0n) is 11.2. The molecule has 0 aromatic heterocycles. The molecule has 0 amide bonds. The van der Waals surface area contributed by atoms with E-state index >= 15 is 0 Å². The summed E-state index contributed by atoms with van der Waals surface area (Å²) in [5.74, 6) is 0. The Morgan fingerprint density at radius 1 is 1.65 bits per heavy atom. The minimum Gasteiger partial charge on any atom is -0.386 e. The highest BCUT2D eigenvalue weighted by molar-refractivity contribution is 5.11. The maximum Gasteiger partial charge on any atom is 0.0843 e. The van der Waals surface area contributed by atoms with E-state index in [0.717, 1.165) is 18.4 Å². The first-order valence-corrected chi connectivity index (χ1v) is 6.15. The number of aliphatic hydroxyl groups is 1. The largest absolute Gasteiger partial charge is 0.386 e. The maximum absolute atomic E-state index is 9.80. The average Bonchev–Trinajstić information content (AvgIpc) is 2.61. The molecule has 0 saturated carbocycles. The SMILES string of the molecule is C=CC(C)(O)C/C=C/[C@]1(C)CCC(C(=C)C)O1. The highest BCUT2D eigenvalue weighted by atomic mass is 16.5. The van der Waals surface area contributed by atoms with E-state index < -0.39 is 5.60 Å². The van der Waals surface area contributed by atoms with Crippen LogP contribution in [0.25, 0.3) is 0 Å². The number of rotatable bonds is 5. The molecule has 2 unspecified atom stereocenters. The van der Waals surface area contributed by atoms with Crippen LogP contribution in [0.5, 0.6) is 0 Å². The van der Waals surface area contributed by atoms with Crippen molar-refractivity contribution in [2.45, 2.75) is 57.3 Å².